The van der Waals surface area contributed by atoms with Crippen LogP contribution in [0.2, 0.25) is 0 Å². The lowest BCUT2D eigenvalue weighted by molar-refractivity contribution is 0.111. The molecule has 1 aliphatic rings. The first-order chi connectivity index (χ1) is 6.33. The average molecular weight is 177 g/mol. The summed E-state index contributed by atoms with van der Waals surface area (Å²) in [6.45, 7) is 0. The van der Waals surface area contributed by atoms with E-state index in [0.717, 1.165) is 24.0 Å². The molecule has 68 valence electrons. The van der Waals surface area contributed by atoms with Crippen LogP contribution in [0.25, 0.3) is 6.08 Å². The third kappa shape index (κ3) is 1.42. The molecule has 0 aliphatic heterocycles. The summed E-state index contributed by atoms with van der Waals surface area (Å²) in [4.78, 5) is 13.5. The van der Waals surface area contributed by atoms with Crippen molar-refractivity contribution in [3.05, 3.63) is 29.1 Å². The highest BCUT2D eigenvalue weighted by molar-refractivity contribution is 5.74. The van der Waals surface area contributed by atoms with Crippen LogP contribution in [-0.2, 0) is 11.2 Å². The average Bonchev–Trinajstić information content (AvgIpc) is 2.58. The highest BCUT2D eigenvalue weighted by Gasteiger charge is 2.15. The van der Waals surface area contributed by atoms with Crippen LogP contribution in [0.1, 0.15) is 21.7 Å². The fourth-order valence-corrected chi connectivity index (χ4v) is 1.57. The van der Waals surface area contributed by atoms with Crippen LogP contribution in [0.5, 0.6) is 0 Å². The van der Waals surface area contributed by atoms with Crippen LogP contribution >= 0.6 is 0 Å². The van der Waals surface area contributed by atoms with Gasteiger partial charge in [-0.05, 0) is 17.7 Å². The van der Waals surface area contributed by atoms with Gasteiger partial charge in [0.15, 0.2) is 6.29 Å². The van der Waals surface area contributed by atoms with Crippen molar-refractivity contribution in [3.63, 3.8) is 0 Å². The molecule has 2 rings (SSSR count). The molecule has 0 bridgehead atoms. The first kappa shape index (κ1) is 8.26. The van der Waals surface area contributed by atoms with E-state index in [1.165, 1.54) is 0 Å². The zero-order valence-corrected chi connectivity index (χ0v) is 7.41. The van der Waals surface area contributed by atoms with Crippen molar-refractivity contribution in [2.75, 3.05) is 7.11 Å². The molecule has 1 heterocycles. The largest absolute Gasteiger partial charge is 0.377 e. The van der Waals surface area contributed by atoms with E-state index in [9.17, 15) is 4.79 Å². The molecule has 0 saturated heterocycles. The minimum Gasteiger partial charge on any atom is -0.377 e. The van der Waals surface area contributed by atoms with Gasteiger partial charge in [0.05, 0.1) is 11.8 Å². The Kier molecular flexibility index (Phi) is 2.02. The summed E-state index contributed by atoms with van der Waals surface area (Å²) in [6, 6.07) is 1.87. The second-order valence-electron chi connectivity index (χ2n) is 3.12. The van der Waals surface area contributed by atoms with Gasteiger partial charge in [-0.2, -0.15) is 0 Å². The number of nitrogens with one attached hydrogen (secondary N) is 1. The molecule has 0 aromatic carbocycles. The first-order valence-corrected chi connectivity index (χ1v) is 4.21. The summed E-state index contributed by atoms with van der Waals surface area (Å²) in [5.41, 5.74) is 2.80. The summed E-state index contributed by atoms with van der Waals surface area (Å²) in [5.74, 6) is 0. The van der Waals surface area contributed by atoms with Crippen LogP contribution in [0.3, 0.4) is 0 Å². The van der Waals surface area contributed by atoms with Crippen LogP contribution in [-0.4, -0.2) is 24.5 Å². The Morgan fingerprint density at radius 1 is 1.69 bits per heavy atom. The number of hydrogen-bond donors (Lipinski definition) is 1. The number of methoxy groups -OCH3 is 1. The second-order valence-corrected chi connectivity index (χ2v) is 3.12. The standard InChI is InChI=1S/C10H11NO2/c1-13-9-2-3-10-7(5-9)4-8(6-12)11-10/h2-4,6,9,11H,5H2,1H3. The quantitative estimate of drug-likeness (QED) is 0.694. The van der Waals surface area contributed by atoms with Crippen molar-refractivity contribution in [1.82, 2.24) is 4.98 Å². The fraction of sp³-hybridized carbons (Fsp3) is 0.300. The van der Waals surface area contributed by atoms with Gasteiger partial charge < -0.3 is 9.72 Å². The number of fused-ring (bicyclic) bond motifs is 1. The molecule has 1 aromatic rings. The molecule has 0 fully saturated rings. The van der Waals surface area contributed by atoms with Crippen LogP contribution < -0.4 is 0 Å². The Morgan fingerprint density at radius 2 is 2.54 bits per heavy atom. The van der Waals surface area contributed by atoms with Gasteiger partial charge in [0.2, 0.25) is 0 Å². The third-order valence-corrected chi connectivity index (χ3v) is 2.28. The van der Waals surface area contributed by atoms with E-state index in [4.69, 9.17) is 4.74 Å². The molecule has 1 aliphatic carbocycles. The molecule has 3 heteroatoms. The molecule has 13 heavy (non-hydrogen) atoms. The van der Waals surface area contributed by atoms with Crippen molar-refractivity contribution in [2.24, 2.45) is 0 Å². The van der Waals surface area contributed by atoms with Crippen LogP contribution in [0, 0.1) is 0 Å². The molecule has 1 atom stereocenters. The lowest BCUT2D eigenvalue weighted by atomic mass is 10.0. The number of carbonyl (C=O) groups excluding carboxylic acids is 1. The van der Waals surface area contributed by atoms with Gasteiger partial charge in [-0.1, -0.05) is 6.08 Å². The second kappa shape index (κ2) is 3.18. The molecule has 0 radical (unpaired) electrons. The maximum Gasteiger partial charge on any atom is 0.166 e. The molecule has 1 unspecified atom stereocenters. The first-order valence-electron chi connectivity index (χ1n) is 4.21. The number of aldehydes is 1. The minimum absolute atomic E-state index is 0.141. The molecule has 1 N–H and O–H groups in total. The maximum absolute atomic E-state index is 10.5. The number of aromatic amines is 1. The summed E-state index contributed by atoms with van der Waals surface area (Å²) < 4.78 is 5.20. The van der Waals surface area contributed by atoms with Gasteiger partial charge in [0.1, 0.15) is 0 Å². The van der Waals surface area contributed by atoms with Gasteiger partial charge in [-0.15, -0.1) is 0 Å². The number of ether oxygens (including phenoxy) is 1. The number of aromatic nitrogens is 1. The van der Waals surface area contributed by atoms with Crippen molar-refractivity contribution >= 4 is 12.4 Å². The Labute approximate surface area is 76.4 Å². The molecule has 0 saturated carbocycles. The van der Waals surface area contributed by atoms with E-state index >= 15 is 0 Å². The lowest BCUT2D eigenvalue weighted by Crippen LogP contribution is -2.13. The Bertz CT molecular complexity index is 352. The molecule has 0 spiro atoms. The Hall–Kier alpha value is -1.35. The maximum atomic E-state index is 10.5. The summed E-state index contributed by atoms with van der Waals surface area (Å²) in [7, 11) is 1.69. The Balaban J connectivity index is 2.32. The van der Waals surface area contributed by atoms with E-state index in [2.05, 4.69) is 4.98 Å². The van der Waals surface area contributed by atoms with Crippen LogP contribution in [0.4, 0.5) is 0 Å². The fourth-order valence-electron chi connectivity index (χ4n) is 1.57. The highest BCUT2D eigenvalue weighted by Crippen LogP contribution is 2.20. The zero-order chi connectivity index (χ0) is 9.26. The third-order valence-electron chi connectivity index (χ3n) is 2.28. The number of hydrogen-bond acceptors (Lipinski definition) is 2. The van der Waals surface area contributed by atoms with E-state index in [0.29, 0.717) is 5.69 Å². The summed E-state index contributed by atoms with van der Waals surface area (Å²) in [5, 5.41) is 0. The smallest absolute Gasteiger partial charge is 0.166 e. The van der Waals surface area contributed by atoms with Crippen molar-refractivity contribution in [1.29, 1.82) is 0 Å². The number of H-pyrrole nitrogens is 1. The lowest BCUT2D eigenvalue weighted by Gasteiger charge is -2.14. The summed E-state index contributed by atoms with van der Waals surface area (Å²) >= 11 is 0. The predicted octanol–water partition coefficient (Wildman–Crippen LogP) is 1.41. The van der Waals surface area contributed by atoms with Crippen LogP contribution in [0.15, 0.2) is 12.1 Å². The van der Waals surface area contributed by atoms with E-state index < -0.39 is 0 Å². The van der Waals surface area contributed by atoms with Gasteiger partial charge >= 0.3 is 0 Å². The molecular formula is C10H11NO2. The minimum atomic E-state index is 0.141. The molecule has 0 amide bonds. The monoisotopic (exact) mass is 177 g/mol. The summed E-state index contributed by atoms with van der Waals surface area (Å²) in [6.07, 6.45) is 5.76. The highest BCUT2D eigenvalue weighted by atomic mass is 16.5. The number of rotatable bonds is 2. The van der Waals surface area contributed by atoms with E-state index in [1.807, 2.05) is 18.2 Å². The predicted molar refractivity (Wildman–Crippen MR) is 49.7 cm³/mol. The van der Waals surface area contributed by atoms with Crippen molar-refractivity contribution < 1.29 is 9.53 Å². The van der Waals surface area contributed by atoms with Gasteiger partial charge in [-0.3, -0.25) is 4.79 Å². The molecule has 3 nitrogen and oxygen atoms in total. The van der Waals surface area contributed by atoms with Crippen molar-refractivity contribution in [2.45, 2.75) is 12.5 Å². The van der Waals surface area contributed by atoms with E-state index in [1.54, 1.807) is 7.11 Å². The van der Waals surface area contributed by atoms with Gasteiger partial charge in [0.25, 0.3) is 0 Å². The van der Waals surface area contributed by atoms with E-state index in [-0.39, 0.29) is 6.10 Å². The molecule has 1 aromatic heterocycles. The Morgan fingerprint density at radius 3 is 3.23 bits per heavy atom. The topological polar surface area (TPSA) is 42.1 Å². The zero-order valence-electron chi connectivity index (χ0n) is 7.41. The molecular weight excluding hydrogens is 166 g/mol. The normalized spacial score (nSPS) is 19.9. The van der Waals surface area contributed by atoms with Crippen molar-refractivity contribution in [3.8, 4) is 0 Å². The van der Waals surface area contributed by atoms with Gasteiger partial charge in [-0.25, -0.2) is 0 Å². The SMILES string of the molecule is COC1C=Cc2[nH]c(C=O)cc2C1. The number of carbonyl (C=O) groups is 1. The van der Waals surface area contributed by atoms with Gasteiger partial charge in [0, 0.05) is 19.2 Å².